The quantitative estimate of drug-likeness (QED) is 0.846. The van der Waals surface area contributed by atoms with Gasteiger partial charge in [-0.15, -0.1) is 0 Å². The lowest BCUT2D eigenvalue weighted by Gasteiger charge is -2.17. The molecule has 1 amide bonds. The van der Waals surface area contributed by atoms with E-state index in [0.717, 1.165) is 5.56 Å². The summed E-state index contributed by atoms with van der Waals surface area (Å²) in [6.45, 7) is 0.218. The summed E-state index contributed by atoms with van der Waals surface area (Å²) in [6, 6.07) is 11.2. The predicted octanol–water partition coefficient (Wildman–Crippen LogP) is 1.75. The first-order valence-electron chi connectivity index (χ1n) is 5.74. The van der Waals surface area contributed by atoms with Crippen LogP contribution in [0.1, 0.15) is 5.56 Å². The van der Waals surface area contributed by atoms with Crippen molar-refractivity contribution >= 4 is 12.0 Å². The number of carbonyl (C=O) groups is 1. The average Bonchev–Trinajstić information content (AvgIpc) is 2.47. The predicted molar refractivity (Wildman–Crippen MR) is 70.2 cm³/mol. The van der Waals surface area contributed by atoms with Gasteiger partial charge in [0, 0.05) is 19.4 Å². The van der Waals surface area contributed by atoms with Crippen LogP contribution in [0.2, 0.25) is 0 Å². The van der Waals surface area contributed by atoms with Gasteiger partial charge in [-0.3, -0.25) is 5.01 Å². The number of hydrazine groups is 1. The standard InChI is InChI=1S/C13H14N4O2/c1-17(12-14-8-5-9-15-12)16-13(18)19-10-11-6-3-2-4-7-11/h2-9H,10H2,1H3,(H,16,18). The van der Waals surface area contributed by atoms with Crippen molar-refractivity contribution in [1.82, 2.24) is 15.4 Å². The Morgan fingerprint density at radius 2 is 1.89 bits per heavy atom. The summed E-state index contributed by atoms with van der Waals surface area (Å²) in [6.07, 6.45) is 2.63. The first kappa shape index (κ1) is 12.8. The molecule has 1 aromatic heterocycles. The van der Waals surface area contributed by atoms with Crippen LogP contribution in [0.4, 0.5) is 10.7 Å². The molecule has 0 bridgehead atoms. The van der Waals surface area contributed by atoms with Crippen molar-refractivity contribution in [3.8, 4) is 0 Å². The maximum atomic E-state index is 11.6. The minimum absolute atomic E-state index is 0.218. The van der Waals surface area contributed by atoms with E-state index in [2.05, 4.69) is 15.4 Å². The van der Waals surface area contributed by atoms with Crippen LogP contribution < -0.4 is 10.4 Å². The highest BCUT2D eigenvalue weighted by molar-refractivity contribution is 5.69. The Balaban J connectivity index is 1.82. The Morgan fingerprint density at radius 3 is 2.58 bits per heavy atom. The van der Waals surface area contributed by atoms with Crippen molar-refractivity contribution < 1.29 is 9.53 Å². The third kappa shape index (κ3) is 3.95. The van der Waals surface area contributed by atoms with E-state index in [1.165, 1.54) is 5.01 Å². The Kier molecular flexibility index (Phi) is 4.28. The smallest absolute Gasteiger partial charge is 0.426 e. The van der Waals surface area contributed by atoms with Crippen LogP contribution >= 0.6 is 0 Å². The van der Waals surface area contributed by atoms with E-state index >= 15 is 0 Å². The topological polar surface area (TPSA) is 67.4 Å². The monoisotopic (exact) mass is 258 g/mol. The number of amides is 1. The summed E-state index contributed by atoms with van der Waals surface area (Å²) in [4.78, 5) is 19.6. The van der Waals surface area contributed by atoms with Gasteiger partial charge in [0.05, 0.1) is 0 Å². The second kappa shape index (κ2) is 6.34. The molecular formula is C13H14N4O2. The maximum absolute atomic E-state index is 11.6. The summed E-state index contributed by atoms with van der Waals surface area (Å²) in [7, 11) is 1.64. The molecule has 0 spiro atoms. The number of anilines is 1. The summed E-state index contributed by atoms with van der Waals surface area (Å²) in [5.41, 5.74) is 3.44. The first-order chi connectivity index (χ1) is 9.25. The molecule has 0 fully saturated rings. The Morgan fingerprint density at radius 1 is 1.21 bits per heavy atom. The summed E-state index contributed by atoms with van der Waals surface area (Å²) in [5.74, 6) is 0.388. The molecule has 0 atom stereocenters. The third-order valence-corrected chi connectivity index (χ3v) is 2.32. The highest BCUT2D eigenvalue weighted by Crippen LogP contribution is 2.02. The van der Waals surface area contributed by atoms with Gasteiger partial charge in [0.15, 0.2) is 0 Å². The van der Waals surface area contributed by atoms with Crippen LogP contribution in [0.15, 0.2) is 48.8 Å². The summed E-state index contributed by atoms with van der Waals surface area (Å²) < 4.78 is 5.07. The van der Waals surface area contributed by atoms with Gasteiger partial charge >= 0.3 is 6.09 Å². The molecule has 0 unspecified atom stereocenters. The van der Waals surface area contributed by atoms with Crippen LogP contribution in [0.5, 0.6) is 0 Å². The molecule has 0 aliphatic heterocycles. The lowest BCUT2D eigenvalue weighted by molar-refractivity contribution is 0.139. The Labute approximate surface area is 111 Å². The number of aromatic nitrogens is 2. The molecule has 1 heterocycles. The molecule has 6 nitrogen and oxygen atoms in total. The number of hydrogen-bond acceptors (Lipinski definition) is 5. The van der Waals surface area contributed by atoms with E-state index in [0.29, 0.717) is 5.95 Å². The second-order valence-electron chi connectivity index (χ2n) is 3.78. The van der Waals surface area contributed by atoms with Crippen LogP contribution in [0, 0.1) is 0 Å². The molecule has 0 saturated heterocycles. The van der Waals surface area contributed by atoms with Gasteiger partial charge in [0.25, 0.3) is 0 Å². The molecule has 19 heavy (non-hydrogen) atoms. The number of rotatable bonds is 4. The molecule has 1 N–H and O–H groups in total. The summed E-state index contributed by atoms with van der Waals surface area (Å²) in [5, 5.41) is 1.40. The lowest BCUT2D eigenvalue weighted by atomic mass is 10.2. The minimum Gasteiger partial charge on any atom is -0.443 e. The number of ether oxygens (including phenoxy) is 1. The molecular weight excluding hydrogens is 244 g/mol. The van der Waals surface area contributed by atoms with Crippen LogP contribution in [-0.4, -0.2) is 23.1 Å². The van der Waals surface area contributed by atoms with Crippen molar-refractivity contribution in [2.24, 2.45) is 0 Å². The maximum Gasteiger partial charge on any atom is 0.426 e. The summed E-state index contributed by atoms with van der Waals surface area (Å²) >= 11 is 0. The average molecular weight is 258 g/mol. The first-order valence-corrected chi connectivity index (χ1v) is 5.74. The van der Waals surface area contributed by atoms with E-state index in [1.54, 1.807) is 25.5 Å². The van der Waals surface area contributed by atoms with Crippen molar-refractivity contribution in [2.75, 3.05) is 12.1 Å². The van der Waals surface area contributed by atoms with Crippen molar-refractivity contribution in [3.05, 3.63) is 54.4 Å². The third-order valence-electron chi connectivity index (χ3n) is 2.32. The number of carbonyl (C=O) groups excluding carboxylic acids is 1. The molecule has 6 heteroatoms. The number of hydrogen-bond donors (Lipinski definition) is 1. The molecule has 0 aliphatic rings. The van der Waals surface area contributed by atoms with E-state index in [-0.39, 0.29) is 6.61 Å². The SMILES string of the molecule is CN(NC(=O)OCc1ccccc1)c1ncccn1. The van der Waals surface area contributed by atoms with E-state index in [9.17, 15) is 4.79 Å². The number of nitrogens with one attached hydrogen (secondary N) is 1. The van der Waals surface area contributed by atoms with Crippen molar-refractivity contribution in [1.29, 1.82) is 0 Å². The normalized spacial score (nSPS) is 9.74. The van der Waals surface area contributed by atoms with E-state index < -0.39 is 6.09 Å². The van der Waals surface area contributed by atoms with Crippen molar-refractivity contribution in [3.63, 3.8) is 0 Å². The lowest BCUT2D eigenvalue weighted by Crippen LogP contribution is -2.40. The van der Waals surface area contributed by atoms with Gasteiger partial charge in [-0.05, 0) is 11.6 Å². The van der Waals surface area contributed by atoms with E-state index in [1.807, 2.05) is 30.3 Å². The van der Waals surface area contributed by atoms with E-state index in [4.69, 9.17) is 4.74 Å². The molecule has 0 radical (unpaired) electrons. The fourth-order valence-electron chi connectivity index (χ4n) is 1.41. The van der Waals surface area contributed by atoms with Crippen LogP contribution in [-0.2, 0) is 11.3 Å². The fraction of sp³-hybridized carbons (Fsp3) is 0.154. The largest absolute Gasteiger partial charge is 0.443 e. The minimum atomic E-state index is -0.557. The van der Waals surface area contributed by atoms with Gasteiger partial charge in [-0.2, -0.15) is 0 Å². The van der Waals surface area contributed by atoms with Crippen molar-refractivity contribution in [2.45, 2.75) is 6.61 Å². The molecule has 98 valence electrons. The zero-order valence-corrected chi connectivity index (χ0v) is 10.5. The molecule has 1 aromatic carbocycles. The molecule has 2 rings (SSSR count). The molecule has 0 saturated carbocycles. The van der Waals surface area contributed by atoms with Gasteiger partial charge in [-0.1, -0.05) is 30.3 Å². The van der Waals surface area contributed by atoms with Crippen LogP contribution in [0.3, 0.4) is 0 Å². The molecule has 2 aromatic rings. The highest BCUT2D eigenvalue weighted by atomic mass is 16.6. The zero-order chi connectivity index (χ0) is 13.5. The van der Waals surface area contributed by atoms with Gasteiger partial charge in [-0.25, -0.2) is 20.2 Å². The van der Waals surface area contributed by atoms with Crippen LogP contribution in [0.25, 0.3) is 0 Å². The fourth-order valence-corrected chi connectivity index (χ4v) is 1.41. The van der Waals surface area contributed by atoms with Gasteiger partial charge < -0.3 is 4.74 Å². The highest BCUT2D eigenvalue weighted by Gasteiger charge is 2.08. The van der Waals surface area contributed by atoms with Gasteiger partial charge in [0.1, 0.15) is 6.61 Å². The molecule has 0 aliphatic carbocycles. The number of benzene rings is 1. The van der Waals surface area contributed by atoms with Gasteiger partial charge in [0.2, 0.25) is 5.95 Å². The Bertz CT molecular complexity index is 519. The number of nitrogens with zero attached hydrogens (tertiary/aromatic N) is 3. The zero-order valence-electron chi connectivity index (χ0n) is 10.5. The second-order valence-corrected chi connectivity index (χ2v) is 3.78. The Hall–Kier alpha value is -2.63.